The van der Waals surface area contributed by atoms with Crippen LogP contribution in [0.5, 0.6) is 0 Å². The minimum atomic E-state index is -0.888. The van der Waals surface area contributed by atoms with Crippen molar-refractivity contribution in [3.63, 3.8) is 0 Å². The van der Waals surface area contributed by atoms with Crippen LogP contribution in [0, 0.1) is 17.3 Å². The molecule has 1 aromatic rings. The Balaban J connectivity index is 1.60. The minimum absolute atomic E-state index is 0.0848. The second kappa shape index (κ2) is 10.9. The van der Waals surface area contributed by atoms with Crippen LogP contribution in [0.1, 0.15) is 72.8 Å². The molecule has 3 aliphatic rings. The van der Waals surface area contributed by atoms with Crippen LogP contribution in [-0.4, -0.2) is 64.2 Å². The summed E-state index contributed by atoms with van der Waals surface area (Å²) >= 11 is 0. The first-order chi connectivity index (χ1) is 17.6. The van der Waals surface area contributed by atoms with Gasteiger partial charge in [0.25, 0.3) is 0 Å². The van der Waals surface area contributed by atoms with Crippen molar-refractivity contribution in [1.82, 2.24) is 15.5 Å². The van der Waals surface area contributed by atoms with Gasteiger partial charge in [-0.1, -0.05) is 51.1 Å². The third-order valence-corrected chi connectivity index (χ3v) is 7.62. The van der Waals surface area contributed by atoms with Crippen molar-refractivity contribution in [1.29, 1.82) is 0 Å². The maximum atomic E-state index is 13.3. The molecule has 9 nitrogen and oxygen atoms in total. The molecule has 9 heteroatoms. The molecule has 3 atom stereocenters. The molecule has 0 unspecified atom stereocenters. The smallest absolute Gasteiger partial charge is 0.410 e. The van der Waals surface area contributed by atoms with Crippen LogP contribution in [0.3, 0.4) is 0 Å². The molecular formula is C29H43N3O6. The van der Waals surface area contributed by atoms with Crippen LogP contribution in [0.15, 0.2) is 30.3 Å². The van der Waals surface area contributed by atoms with E-state index in [9.17, 15) is 24.3 Å². The van der Waals surface area contributed by atoms with Gasteiger partial charge in [0.05, 0.1) is 11.3 Å². The van der Waals surface area contributed by atoms with Gasteiger partial charge in [-0.2, -0.15) is 0 Å². The Kier molecular flexibility index (Phi) is 8.48. The predicted octanol–water partition coefficient (Wildman–Crippen LogP) is 3.76. The first-order valence-electron chi connectivity index (χ1n) is 13.4. The van der Waals surface area contributed by atoms with E-state index in [1.165, 1.54) is 4.90 Å². The lowest BCUT2D eigenvalue weighted by molar-refractivity contribution is -0.185. The average molecular weight is 530 g/mol. The molecule has 0 aliphatic heterocycles. The summed E-state index contributed by atoms with van der Waals surface area (Å²) in [6, 6.07) is 8.70. The van der Waals surface area contributed by atoms with E-state index in [1.807, 2.05) is 44.2 Å². The molecule has 3 N–H and O–H groups in total. The number of carboxylic acid groups (broad SMARTS) is 1. The Labute approximate surface area is 225 Å². The molecule has 3 saturated carbocycles. The van der Waals surface area contributed by atoms with Gasteiger partial charge in [0, 0.05) is 18.6 Å². The summed E-state index contributed by atoms with van der Waals surface area (Å²) in [6.45, 7) is 10.8. The first-order valence-corrected chi connectivity index (χ1v) is 13.4. The van der Waals surface area contributed by atoms with Crippen LogP contribution in [0.4, 0.5) is 4.79 Å². The van der Waals surface area contributed by atoms with E-state index in [-0.39, 0.29) is 23.8 Å². The van der Waals surface area contributed by atoms with Gasteiger partial charge < -0.3 is 20.5 Å². The average Bonchev–Trinajstić information content (AvgIpc) is 2.74. The molecule has 0 radical (unpaired) electrons. The van der Waals surface area contributed by atoms with Crippen molar-refractivity contribution >= 4 is 23.9 Å². The molecule has 3 aliphatic carbocycles. The number of hydrogen-bond acceptors (Lipinski definition) is 5. The van der Waals surface area contributed by atoms with Gasteiger partial charge in [-0.05, 0) is 64.4 Å². The number of amides is 3. The summed E-state index contributed by atoms with van der Waals surface area (Å²) in [7, 11) is 1.57. The highest BCUT2D eigenvalue weighted by atomic mass is 16.6. The summed E-state index contributed by atoms with van der Waals surface area (Å²) in [6.07, 6.45) is 1.93. The lowest BCUT2D eigenvalue weighted by Gasteiger charge is -2.69. The lowest BCUT2D eigenvalue weighted by Crippen LogP contribution is -2.79. The highest BCUT2D eigenvalue weighted by Gasteiger charge is 2.72. The summed E-state index contributed by atoms with van der Waals surface area (Å²) in [5.41, 5.74) is -0.624. The number of rotatable bonds is 11. The molecule has 38 heavy (non-hydrogen) atoms. The van der Waals surface area contributed by atoms with Crippen molar-refractivity contribution in [2.24, 2.45) is 17.3 Å². The highest BCUT2D eigenvalue weighted by Crippen LogP contribution is 2.67. The molecule has 0 aromatic heterocycles. The topological polar surface area (TPSA) is 125 Å². The Morgan fingerprint density at radius 2 is 1.63 bits per heavy atom. The molecule has 210 valence electrons. The number of aliphatic carboxylic acids is 1. The second-order valence-corrected chi connectivity index (χ2v) is 12.7. The van der Waals surface area contributed by atoms with E-state index >= 15 is 0 Å². The Bertz CT molecular complexity index is 1030. The fraction of sp³-hybridized carbons (Fsp3) is 0.655. The molecule has 0 heterocycles. The zero-order valence-corrected chi connectivity index (χ0v) is 23.7. The quantitative estimate of drug-likeness (QED) is 0.401. The lowest BCUT2D eigenvalue weighted by atomic mass is 9.39. The third-order valence-electron chi connectivity index (χ3n) is 7.62. The maximum Gasteiger partial charge on any atom is 0.410 e. The fourth-order valence-corrected chi connectivity index (χ4v) is 5.83. The largest absolute Gasteiger partial charge is 0.481 e. The van der Waals surface area contributed by atoms with Gasteiger partial charge in [-0.25, -0.2) is 4.79 Å². The van der Waals surface area contributed by atoms with Gasteiger partial charge in [-0.15, -0.1) is 0 Å². The van der Waals surface area contributed by atoms with E-state index in [0.717, 1.165) is 5.56 Å². The van der Waals surface area contributed by atoms with Crippen molar-refractivity contribution in [2.75, 3.05) is 7.05 Å². The SMILES string of the molecule is CC(C)[C@@H](C(=O)NC12CC(C(=O)N[C@@H](Cc3ccccc3)C[C@H](C)C(=O)O)(C1)C2)N(C)C(=O)OC(C)(C)C. The van der Waals surface area contributed by atoms with E-state index in [2.05, 4.69) is 10.6 Å². The minimum Gasteiger partial charge on any atom is -0.481 e. The third kappa shape index (κ3) is 6.66. The standard InChI is InChI=1S/C29H43N3O6/c1-18(2)22(32(7)26(37)38-27(4,5)6)23(33)31-29-15-28(16-29,17-29)25(36)30-21(13-19(3)24(34)35)14-20-11-9-8-10-12-20/h8-12,18-19,21-22H,13-17H2,1-7H3,(H,30,36)(H,31,33)(H,34,35)/t19-,21+,22-,28?,29?/m0/s1. The number of ether oxygens (including phenoxy) is 1. The first kappa shape index (κ1) is 29.5. The van der Waals surface area contributed by atoms with E-state index in [0.29, 0.717) is 32.1 Å². The van der Waals surface area contributed by atoms with Crippen LogP contribution in [0.25, 0.3) is 0 Å². The number of nitrogens with zero attached hydrogens (tertiary/aromatic N) is 1. The van der Waals surface area contributed by atoms with Crippen molar-refractivity contribution in [3.05, 3.63) is 35.9 Å². The monoisotopic (exact) mass is 529 g/mol. The zero-order valence-electron chi connectivity index (χ0n) is 23.7. The molecule has 2 bridgehead atoms. The molecular weight excluding hydrogens is 486 g/mol. The number of carboxylic acids is 1. The van der Waals surface area contributed by atoms with Crippen LogP contribution < -0.4 is 10.6 Å². The van der Waals surface area contributed by atoms with Crippen LogP contribution >= 0.6 is 0 Å². The summed E-state index contributed by atoms with van der Waals surface area (Å²) in [5.74, 6) is -1.94. The Morgan fingerprint density at radius 3 is 2.13 bits per heavy atom. The zero-order chi connectivity index (χ0) is 28.5. The van der Waals surface area contributed by atoms with Gasteiger partial charge >= 0.3 is 12.1 Å². The Morgan fingerprint density at radius 1 is 1.05 bits per heavy atom. The summed E-state index contributed by atoms with van der Waals surface area (Å²) < 4.78 is 5.45. The fourth-order valence-electron chi connectivity index (χ4n) is 5.83. The number of carbonyl (C=O) groups excluding carboxylic acids is 3. The number of hydrogen-bond donors (Lipinski definition) is 3. The number of carbonyl (C=O) groups is 4. The van der Waals surface area contributed by atoms with Crippen molar-refractivity contribution in [3.8, 4) is 0 Å². The van der Waals surface area contributed by atoms with Crippen LogP contribution in [0.2, 0.25) is 0 Å². The molecule has 1 aromatic carbocycles. The summed E-state index contributed by atoms with van der Waals surface area (Å²) in [5, 5.41) is 15.6. The normalized spacial score (nSPS) is 24.2. The van der Waals surface area contributed by atoms with E-state index < -0.39 is 40.6 Å². The van der Waals surface area contributed by atoms with E-state index in [4.69, 9.17) is 4.74 Å². The molecule has 3 fully saturated rings. The predicted molar refractivity (Wildman–Crippen MR) is 143 cm³/mol. The van der Waals surface area contributed by atoms with Crippen LogP contribution in [-0.2, 0) is 25.5 Å². The van der Waals surface area contributed by atoms with Gasteiger partial charge in [-0.3, -0.25) is 19.3 Å². The Hall–Kier alpha value is -3.10. The molecule has 0 saturated heterocycles. The van der Waals surface area contributed by atoms with Gasteiger partial charge in [0.1, 0.15) is 11.6 Å². The second-order valence-electron chi connectivity index (χ2n) is 12.7. The summed E-state index contributed by atoms with van der Waals surface area (Å²) in [4.78, 5) is 52.0. The van der Waals surface area contributed by atoms with Crippen molar-refractivity contribution < 1.29 is 29.0 Å². The van der Waals surface area contributed by atoms with Crippen molar-refractivity contribution in [2.45, 2.75) is 96.9 Å². The molecule has 0 spiro atoms. The maximum absolute atomic E-state index is 13.3. The molecule has 4 rings (SSSR count). The highest BCUT2D eigenvalue weighted by molar-refractivity contribution is 5.91. The van der Waals surface area contributed by atoms with E-state index in [1.54, 1.807) is 34.7 Å². The molecule has 3 amide bonds. The number of likely N-dealkylation sites (N-methyl/N-ethyl adjacent to an activating group) is 1. The van der Waals surface area contributed by atoms with Gasteiger partial charge in [0.2, 0.25) is 11.8 Å². The number of benzene rings is 1. The number of nitrogens with one attached hydrogen (secondary N) is 2. The van der Waals surface area contributed by atoms with Gasteiger partial charge in [0.15, 0.2) is 0 Å².